The molecule has 0 bridgehead atoms. The maximum atomic E-state index is 13.0. The van der Waals surface area contributed by atoms with Gasteiger partial charge in [0.05, 0.1) is 6.61 Å². The Morgan fingerprint density at radius 1 is 1.08 bits per heavy atom. The normalized spacial score (nSPS) is 10.8. The standard InChI is InChI=1S/C17H17FN4OS/c1-12-2-8-15(9-3-12)23-10-11-24-17-21-20-16(22(17)19)13-4-6-14(18)7-5-13/h2-9H,10-11,19H2,1H3. The molecule has 2 N–H and O–H groups in total. The molecular weight excluding hydrogens is 327 g/mol. The summed E-state index contributed by atoms with van der Waals surface area (Å²) in [6, 6.07) is 13.9. The van der Waals surface area contributed by atoms with Crippen LogP contribution in [0, 0.1) is 12.7 Å². The van der Waals surface area contributed by atoms with Crippen LogP contribution in [0.15, 0.2) is 53.7 Å². The van der Waals surface area contributed by atoms with Crippen LogP contribution in [0.2, 0.25) is 0 Å². The number of aromatic nitrogens is 3. The number of thioether (sulfide) groups is 1. The molecule has 0 aliphatic carbocycles. The molecule has 0 saturated carbocycles. The van der Waals surface area contributed by atoms with E-state index in [0.29, 0.717) is 28.9 Å². The Hall–Kier alpha value is -2.54. The van der Waals surface area contributed by atoms with Gasteiger partial charge in [-0.25, -0.2) is 9.07 Å². The maximum Gasteiger partial charge on any atom is 0.210 e. The first-order chi connectivity index (χ1) is 11.6. The number of aryl methyl sites for hydroxylation is 1. The van der Waals surface area contributed by atoms with E-state index in [4.69, 9.17) is 10.6 Å². The second-order valence-electron chi connectivity index (χ2n) is 5.19. The predicted molar refractivity (Wildman–Crippen MR) is 93.0 cm³/mol. The summed E-state index contributed by atoms with van der Waals surface area (Å²) in [6.45, 7) is 2.57. The van der Waals surface area contributed by atoms with Crippen molar-refractivity contribution in [2.24, 2.45) is 0 Å². The van der Waals surface area contributed by atoms with Gasteiger partial charge in [-0.3, -0.25) is 0 Å². The molecule has 0 amide bonds. The van der Waals surface area contributed by atoms with Crippen molar-refractivity contribution in [1.82, 2.24) is 14.9 Å². The Kier molecular flexibility index (Phi) is 5.00. The van der Waals surface area contributed by atoms with E-state index in [1.165, 1.54) is 34.1 Å². The number of nitrogens with zero attached hydrogens (tertiary/aromatic N) is 3. The summed E-state index contributed by atoms with van der Waals surface area (Å²) in [6.07, 6.45) is 0. The molecule has 0 fully saturated rings. The van der Waals surface area contributed by atoms with Gasteiger partial charge in [-0.2, -0.15) is 0 Å². The van der Waals surface area contributed by atoms with Crippen LogP contribution in [0.5, 0.6) is 5.75 Å². The van der Waals surface area contributed by atoms with Gasteiger partial charge in [0, 0.05) is 11.3 Å². The van der Waals surface area contributed by atoms with Crippen LogP contribution in [-0.4, -0.2) is 27.2 Å². The minimum atomic E-state index is -0.301. The second-order valence-corrected chi connectivity index (χ2v) is 6.26. The van der Waals surface area contributed by atoms with Crippen LogP contribution in [0.3, 0.4) is 0 Å². The van der Waals surface area contributed by atoms with Gasteiger partial charge >= 0.3 is 0 Å². The SMILES string of the molecule is Cc1ccc(OCCSc2nnc(-c3ccc(F)cc3)n2N)cc1. The van der Waals surface area contributed by atoms with Crippen molar-refractivity contribution in [3.05, 3.63) is 59.9 Å². The van der Waals surface area contributed by atoms with Crippen molar-refractivity contribution in [3.8, 4) is 17.1 Å². The van der Waals surface area contributed by atoms with Crippen LogP contribution in [0.4, 0.5) is 4.39 Å². The summed E-state index contributed by atoms with van der Waals surface area (Å²) < 4.78 is 20.1. The van der Waals surface area contributed by atoms with Crippen LogP contribution < -0.4 is 10.6 Å². The topological polar surface area (TPSA) is 66.0 Å². The monoisotopic (exact) mass is 344 g/mol. The highest BCUT2D eigenvalue weighted by Crippen LogP contribution is 2.22. The zero-order valence-electron chi connectivity index (χ0n) is 13.1. The van der Waals surface area contributed by atoms with Crippen molar-refractivity contribution >= 4 is 11.8 Å². The van der Waals surface area contributed by atoms with Crippen LogP contribution >= 0.6 is 11.8 Å². The molecule has 0 spiro atoms. The summed E-state index contributed by atoms with van der Waals surface area (Å²) >= 11 is 1.45. The lowest BCUT2D eigenvalue weighted by Gasteiger charge is -2.06. The lowest BCUT2D eigenvalue weighted by atomic mass is 10.2. The first-order valence-electron chi connectivity index (χ1n) is 7.42. The molecule has 7 heteroatoms. The highest BCUT2D eigenvalue weighted by molar-refractivity contribution is 7.99. The summed E-state index contributed by atoms with van der Waals surface area (Å²) in [5.41, 5.74) is 1.91. The summed E-state index contributed by atoms with van der Waals surface area (Å²) in [7, 11) is 0. The Morgan fingerprint density at radius 2 is 1.79 bits per heavy atom. The largest absolute Gasteiger partial charge is 0.493 e. The van der Waals surface area contributed by atoms with Crippen LogP contribution in [0.25, 0.3) is 11.4 Å². The van der Waals surface area contributed by atoms with Crippen molar-refractivity contribution < 1.29 is 9.13 Å². The number of hydrogen-bond donors (Lipinski definition) is 1. The van der Waals surface area contributed by atoms with E-state index < -0.39 is 0 Å². The van der Waals surface area contributed by atoms with Crippen molar-refractivity contribution in [3.63, 3.8) is 0 Å². The van der Waals surface area contributed by atoms with Crippen LogP contribution in [0.1, 0.15) is 5.56 Å². The molecule has 0 aliphatic rings. The Labute approximate surface area is 143 Å². The molecule has 0 radical (unpaired) electrons. The molecule has 24 heavy (non-hydrogen) atoms. The Morgan fingerprint density at radius 3 is 2.50 bits per heavy atom. The highest BCUT2D eigenvalue weighted by atomic mass is 32.2. The molecule has 3 aromatic rings. The summed E-state index contributed by atoms with van der Waals surface area (Å²) in [4.78, 5) is 0. The van der Waals surface area contributed by atoms with E-state index in [-0.39, 0.29) is 5.82 Å². The smallest absolute Gasteiger partial charge is 0.210 e. The van der Waals surface area contributed by atoms with E-state index in [2.05, 4.69) is 10.2 Å². The molecule has 5 nitrogen and oxygen atoms in total. The predicted octanol–water partition coefficient (Wildman–Crippen LogP) is 3.28. The zero-order valence-corrected chi connectivity index (χ0v) is 14.0. The minimum absolute atomic E-state index is 0.301. The first kappa shape index (κ1) is 16.3. The number of ether oxygens (including phenoxy) is 1. The van der Waals surface area contributed by atoms with Gasteiger partial charge in [-0.15, -0.1) is 10.2 Å². The molecule has 1 aromatic heterocycles. The van der Waals surface area contributed by atoms with Gasteiger partial charge < -0.3 is 10.6 Å². The highest BCUT2D eigenvalue weighted by Gasteiger charge is 2.12. The number of hydrogen-bond acceptors (Lipinski definition) is 5. The fourth-order valence-electron chi connectivity index (χ4n) is 2.10. The Balaban J connectivity index is 1.56. The Bertz CT molecular complexity index is 802. The third-order valence-corrected chi connectivity index (χ3v) is 4.28. The van der Waals surface area contributed by atoms with E-state index in [1.54, 1.807) is 12.1 Å². The van der Waals surface area contributed by atoms with Crippen LogP contribution in [-0.2, 0) is 0 Å². The van der Waals surface area contributed by atoms with Crippen molar-refractivity contribution in [2.75, 3.05) is 18.2 Å². The van der Waals surface area contributed by atoms with Gasteiger partial charge in [0.1, 0.15) is 11.6 Å². The molecule has 3 rings (SSSR count). The third kappa shape index (κ3) is 3.86. The van der Waals surface area contributed by atoms with Gasteiger partial charge in [0.2, 0.25) is 5.16 Å². The van der Waals surface area contributed by atoms with Gasteiger partial charge in [0.15, 0.2) is 5.82 Å². The summed E-state index contributed by atoms with van der Waals surface area (Å²) in [5, 5.41) is 8.72. The molecule has 0 saturated heterocycles. The summed E-state index contributed by atoms with van der Waals surface area (Å²) in [5.74, 6) is 7.74. The number of rotatable bonds is 6. The fraction of sp³-hybridized carbons (Fsp3) is 0.176. The van der Waals surface area contributed by atoms with E-state index in [0.717, 1.165) is 5.75 Å². The first-order valence-corrected chi connectivity index (χ1v) is 8.41. The average Bonchev–Trinajstić information content (AvgIpc) is 2.95. The number of nitrogen functional groups attached to an aromatic ring is 1. The van der Waals surface area contributed by atoms with Crippen molar-refractivity contribution in [2.45, 2.75) is 12.1 Å². The number of halogens is 1. The third-order valence-electron chi connectivity index (χ3n) is 3.37. The van der Waals surface area contributed by atoms with Gasteiger partial charge in [-0.05, 0) is 43.3 Å². The number of benzene rings is 2. The van der Waals surface area contributed by atoms with E-state index in [1.807, 2.05) is 31.2 Å². The molecular formula is C17H17FN4OS. The van der Waals surface area contributed by atoms with E-state index >= 15 is 0 Å². The molecule has 2 aromatic carbocycles. The number of nitrogens with two attached hydrogens (primary N) is 1. The molecule has 0 aliphatic heterocycles. The van der Waals surface area contributed by atoms with E-state index in [9.17, 15) is 4.39 Å². The quantitative estimate of drug-likeness (QED) is 0.422. The lowest BCUT2D eigenvalue weighted by molar-refractivity contribution is 0.344. The maximum absolute atomic E-state index is 13.0. The lowest BCUT2D eigenvalue weighted by Crippen LogP contribution is -2.12. The van der Waals surface area contributed by atoms with Crippen molar-refractivity contribution in [1.29, 1.82) is 0 Å². The molecule has 124 valence electrons. The average molecular weight is 344 g/mol. The molecule has 1 heterocycles. The van der Waals surface area contributed by atoms with Gasteiger partial charge in [0.25, 0.3) is 0 Å². The zero-order chi connectivity index (χ0) is 16.9. The minimum Gasteiger partial charge on any atom is -0.493 e. The molecule has 0 unspecified atom stereocenters. The second kappa shape index (κ2) is 7.35. The van der Waals surface area contributed by atoms with Gasteiger partial charge in [-0.1, -0.05) is 29.5 Å². The molecule has 0 atom stereocenters. The fourth-order valence-corrected chi connectivity index (χ4v) is 2.77.